The second-order valence-corrected chi connectivity index (χ2v) is 24.5. The summed E-state index contributed by atoms with van der Waals surface area (Å²) in [4.78, 5) is 5.34. The number of hydrogen-bond donors (Lipinski definition) is 0. The van der Waals surface area contributed by atoms with Crippen LogP contribution in [0.3, 0.4) is 0 Å². The Bertz CT molecular complexity index is 2850. The molecule has 3 nitrogen and oxygen atoms in total. The van der Waals surface area contributed by atoms with Gasteiger partial charge in [-0.2, -0.15) is 0 Å². The molecule has 0 amide bonds. The zero-order chi connectivity index (χ0) is 44.4. The van der Waals surface area contributed by atoms with Gasteiger partial charge in [0.1, 0.15) is 5.58 Å². The molecule has 4 heteroatoms. The Morgan fingerprint density at radius 3 is 1.71 bits per heavy atom. The smallest absolute Gasteiger partial charge is 0.297 e. The molecule has 0 radical (unpaired) electrons. The van der Waals surface area contributed by atoms with Crippen LogP contribution in [0.25, 0.3) is 11.0 Å². The van der Waals surface area contributed by atoms with Gasteiger partial charge in [0.2, 0.25) is 0 Å². The van der Waals surface area contributed by atoms with Gasteiger partial charge in [0, 0.05) is 33.8 Å². The lowest BCUT2D eigenvalue weighted by Gasteiger charge is -2.50. The van der Waals surface area contributed by atoms with E-state index in [1.54, 1.807) is 0 Å². The van der Waals surface area contributed by atoms with E-state index in [0.717, 1.165) is 23.4 Å². The van der Waals surface area contributed by atoms with Gasteiger partial charge >= 0.3 is 0 Å². The summed E-state index contributed by atoms with van der Waals surface area (Å²) in [6, 6.07) is 31.5. The minimum absolute atomic E-state index is 0.0386. The maximum absolute atomic E-state index is 7.34. The minimum Gasteiger partial charge on any atom is -0.468 e. The quantitative estimate of drug-likeness (QED) is 0.162. The molecular weight excluding hydrogens is 751 g/mol. The Morgan fingerprint density at radius 1 is 0.532 bits per heavy atom. The van der Waals surface area contributed by atoms with Crippen molar-refractivity contribution >= 4 is 68.4 Å². The minimum atomic E-state index is -0.113. The molecule has 2 aliphatic carbocycles. The lowest BCUT2D eigenvalue weighted by atomic mass is 9.35. The van der Waals surface area contributed by atoms with Crippen molar-refractivity contribution in [3.05, 3.63) is 123 Å². The molecule has 0 bridgehead atoms. The first-order valence-corrected chi connectivity index (χ1v) is 23.6. The van der Waals surface area contributed by atoms with Crippen LogP contribution in [-0.4, -0.2) is 6.71 Å². The average Bonchev–Trinajstić information content (AvgIpc) is 3.55. The zero-order valence-corrected chi connectivity index (χ0v) is 40.7. The topological polar surface area (TPSA) is 19.6 Å². The molecule has 1 aromatic heterocycles. The first kappa shape index (κ1) is 41.3. The van der Waals surface area contributed by atoms with Crippen LogP contribution in [0, 0.1) is 13.8 Å². The molecule has 0 saturated carbocycles. The maximum Gasteiger partial charge on any atom is 0.297 e. The highest BCUT2D eigenvalue weighted by molar-refractivity contribution is 7.00. The van der Waals surface area contributed by atoms with Crippen molar-refractivity contribution in [3.8, 4) is 0 Å². The second kappa shape index (κ2) is 13.0. The highest BCUT2D eigenvalue weighted by atomic mass is 16.3. The monoisotopic (exact) mass is 821 g/mol. The molecule has 0 fully saturated rings. The number of nitrogens with zero attached hydrogens (tertiary/aromatic N) is 2. The van der Waals surface area contributed by atoms with Crippen molar-refractivity contribution < 1.29 is 4.42 Å². The number of aryl methyl sites for hydroxylation is 2. The predicted molar refractivity (Wildman–Crippen MR) is 268 cm³/mol. The van der Waals surface area contributed by atoms with Crippen LogP contribution in [0.4, 0.5) is 34.1 Å². The second-order valence-electron chi connectivity index (χ2n) is 24.5. The summed E-state index contributed by atoms with van der Waals surface area (Å²) in [6.07, 6.45) is 4.68. The highest BCUT2D eigenvalue weighted by Gasteiger charge is 2.51. The van der Waals surface area contributed by atoms with E-state index in [1.807, 2.05) is 0 Å². The molecule has 2 aliphatic heterocycles. The normalized spacial score (nSPS) is 19.1. The summed E-state index contributed by atoms with van der Waals surface area (Å²) in [5, 5.41) is 1.17. The van der Waals surface area contributed by atoms with E-state index in [1.165, 1.54) is 109 Å². The summed E-state index contributed by atoms with van der Waals surface area (Å²) in [5.41, 5.74) is 23.6. The first-order valence-electron chi connectivity index (χ1n) is 23.6. The Labute approximate surface area is 373 Å². The fourth-order valence-electron chi connectivity index (χ4n) is 11.8. The SMILES string of the molecule is Cc1ccc2oc3c(c2c1)N(c1ccc(C(C)(C)C)cc1)c1cc(C(C)(C)C)cc2c1B3c1ccc3c(c1N2c1cc2c(cc1C)C(C)(C)CCC2(C)C)C(C)(C)CCC3(C)C. The van der Waals surface area contributed by atoms with E-state index < -0.39 is 0 Å². The Balaban J connectivity index is 1.39. The molecule has 3 heterocycles. The molecule has 0 N–H and O–H groups in total. The Morgan fingerprint density at radius 2 is 1.10 bits per heavy atom. The molecule has 4 aliphatic rings. The number of rotatable bonds is 2. The zero-order valence-electron chi connectivity index (χ0n) is 40.7. The largest absolute Gasteiger partial charge is 0.468 e. The van der Waals surface area contributed by atoms with E-state index in [9.17, 15) is 0 Å². The van der Waals surface area contributed by atoms with Gasteiger partial charge in [0.25, 0.3) is 6.71 Å². The Hall–Kier alpha value is -4.70. The van der Waals surface area contributed by atoms with Crippen LogP contribution in [0.1, 0.15) is 167 Å². The van der Waals surface area contributed by atoms with Crippen LogP contribution in [0.2, 0.25) is 0 Å². The number of furan rings is 1. The summed E-state index contributed by atoms with van der Waals surface area (Å²) in [6.45, 7) is 38.4. The standard InChI is InChI=1S/C58H69BN2O/c1-34-17-24-47-39(29-34)50-52(62-47)59-43-23-22-40-48(58(15,16)28-27-55(40,9)10)51(43)61(44-33-42-41(30-35(44)2)56(11,12)25-26-57(42,13)14)46-32-37(54(6,7)8)31-45(49(46)59)60(50)38-20-18-36(19-21-38)53(3,4)5/h17-24,29-33H,25-28H2,1-16H3. The summed E-state index contributed by atoms with van der Waals surface area (Å²) in [7, 11) is 0. The number of benzene rings is 5. The van der Waals surface area contributed by atoms with E-state index in [2.05, 4.69) is 199 Å². The summed E-state index contributed by atoms with van der Waals surface area (Å²) >= 11 is 0. The number of hydrogen-bond acceptors (Lipinski definition) is 3. The lowest BCUT2D eigenvalue weighted by Crippen LogP contribution is -2.62. The van der Waals surface area contributed by atoms with Crippen molar-refractivity contribution in [1.82, 2.24) is 0 Å². The van der Waals surface area contributed by atoms with E-state index in [0.29, 0.717) is 0 Å². The van der Waals surface area contributed by atoms with Crippen molar-refractivity contribution in [2.24, 2.45) is 0 Å². The van der Waals surface area contributed by atoms with Gasteiger partial charge in [-0.25, -0.2) is 0 Å². The van der Waals surface area contributed by atoms with Gasteiger partial charge in [0.05, 0.1) is 11.3 Å². The van der Waals surface area contributed by atoms with Gasteiger partial charge in [-0.3, -0.25) is 0 Å². The summed E-state index contributed by atoms with van der Waals surface area (Å²) in [5.74, 6) is 0. The van der Waals surface area contributed by atoms with Crippen molar-refractivity contribution in [1.29, 1.82) is 0 Å². The molecule has 62 heavy (non-hydrogen) atoms. The number of anilines is 6. The molecule has 10 rings (SSSR count). The molecule has 6 aromatic rings. The van der Waals surface area contributed by atoms with Crippen LogP contribution in [0.5, 0.6) is 0 Å². The average molecular weight is 821 g/mol. The van der Waals surface area contributed by atoms with E-state index in [-0.39, 0.29) is 39.2 Å². The van der Waals surface area contributed by atoms with Gasteiger partial charge in [0.15, 0.2) is 0 Å². The van der Waals surface area contributed by atoms with E-state index in [4.69, 9.17) is 4.42 Å². The third kappa shape index (κ3) is 5.97. The predicted octanol–water partition coefficient (Wildman–Crippen LogP) is 14.4. The van der Waals surface area contributed by atoms with Crippen LogP contribution < -0.4 is 26.4 Å². The van der Waals surface area contributed by atoms with Crippen molar-refractivity contribution in [2.45, 2.75) is 169 Å². The van der Waals surface area contributed by atoms with Crippen LogP contribution in [-0.2, 0) is 32.5 Å². The van der Waals surface area contributed by atoms with Crippen LogP contribution >= 0.6 is 0 Å². The van der Waals surface area contributed by atoms with Crippen molar-refractivity contribution in [2.75, 3.05) is 9.80 Å². The number of fused-ring (bicyclic) bond motifs is 9. The third-order valence-corrected chi connectivity index (χ3v) is 16.0. The van der Waals surface area contributed by atoms with Gasteiger partial charge in [-0.1, -0.05) is 139 Å². The van der Waals surface area contributed by atoms with Crippen LogP contribution in [0.15, 0.2) is 83.3 Å². The Kier molecular flexibility index (Phi) is 8.63. The fraction of sp³-hybridized carbons (Fsp3) is 0.448. The van der Waals surface area contributed by atoms with Gasteiger partial charge in [-0.05, 0) is 164 Å². The van der Waals surface area contributed by atoms with Gasteiger partial charge in [-0.15, -0.1) is 0 Å². The third-order valence-electron chi connectivity index (χ3n) is 16.0. The highest BCUT2D eigenvalue weighted by Crippen LogP contribution is 2.56. The molecule has 0 saturated heterocycles. The first-order chi connectivity index (χ1) is 28.8. The molecule has 0 unspecified atom stereocenters. The maximum atomic E-state index is 7.34. The summed E-state index contributed by atoms with van der Waals surface area (Å²) < 4.78 is 7.34. The lowest BCUT2D eigenvalue weighted by molar-refractivity contribution is 0.331. The fourth-order valence-corrected chi connectivity index (χ4v) is 11.8. The molecule has 0 atom stereocenters. The molecule has 5 aromatic carbocycles. The molecule has 320 valence electrons. The van der Waals surface area contributed by atoms with E-state index >= 15 is 0 Å². The van der Waals surface area contributed by atoms with Gasteiger partial charge < -0.3 is 14.2 Å². The molecule has 0 spiro atoms. The van der Waals surface area contributed by atoms with Crippen molar-refractivity contribution in [3.63, 3.8) is 0 Å². The molecular formula is C58H69BN2O.